The highest BCUT2D eigenvalue weighted by Gasteiger charge is 2.38. The number of halogens is 1. The number of Topliss-reactive ketones (excluding diaryl/α,β-unsaturated/α-hetero) is 1. The Morgan fingerprint density at radius 1 is 0.938 bits per heavy atom. The number of rotatable bonds is 11. The van der Waals surface area contributed by atoms with E-state index in [2.05, 4.69) is 28.7 Å². The van der Waals surface area contributed by atoms with Crippen LogP contribution in [0, 0.1) is 5.82 Å². The first-order valence-electron chi connectivity index (χ1n) is 17.0. The van der Waals surface area contributed by atoms with Gasteiger partial charge >= 0.3 is 0 Å². The standard InChI is InChI=1S/C40H44FN3O4/c1-26(2)37-36(39(46)43-30-14-9-6-10-15-30)35(27-12-7-5-8-13-27)38(28-17-19-29(41)20-18-28)44(37)23-21-31-24-32(48-40(3,4)47-31)25-34(45)33-16-11-22-42-33/h5-10,12-15,17-20,26,31-32H,11,16,21-25H2,1-4H3,(H,43,46). The summed E-state index contributed by atoms with van der Waals surface area (Å²) in [6, 6.07) is 25.8. The number of hydrogen-bond donors (Lipinski definition) is 1. The zero-order valence-electron chi connectivity index (χ0n) is 28.2. The molecule has 8 heteroatoms. The normalized spacial score (nSPS) is 18.9. The third kappa shape index (κ3) is 7.50. The van der Waals surface area contributed by atoms with E-state index in [9.17, 15) is 14.0 Å². The number of nitrogens with zero attached hydrogens (tertiary/aromatic N) is 2. The number of para-hydroxylation sites is 1. The first-order chi connectivity index (χ1) is 23.1. The van der Waals surface area contributed by atoms with Crippen LogP contribution in [0.1, 0.15) is 81.8 Å². The quantitative estimate of drug-likeness (QED) is 0.176. The molecule has 2 unspecified atom stereocenters. The van der Waals surface area contributed by atoms with Crippen molar-refractivity contribution in [2.45, 2.75) is 90.3 Å². The molecule has 1 fully saturated rings. The Morgan fingerprint density at radius 3 is 2.25 bits per heavy atom. The summed E-state index contributed by atoms with van der Waals surface area (Å²) in [6.45, 7) is 9.22. The number of carbonyl (C=O) groups is 2. The van der Waals surface area contributed by atoms with Crippen molar-refractivity contribution in [1.82, 2.24) is 4.57 Å². The topological polar surface area (TPSA) is 81.9 Å². The minimum atomic E-state index is -0.862. The monoisotopic (exact) mass is 649 g/mol. The molecule has 2 atom stereocenters. The minimum Gasteiger partial charge on any atom is -0.347 e. The maximum Gasteiger partial charge on any atom is 0.258 e. The summed E-state index contributed by atoms with van der Waals surface area (Å²) in [7, 11) is 0. The Hall–Kier alpha value is -4.40. The SMILES string of the molecule is CC(C)c1c(C(=O)Nc2ccccc2)c(-c2ccccc2)c(-c2ccc(F)cc2)n1CCC1CC(CC(=O)C2=NCCC2)OC(C)(C)O1. The van der Waals surface area contributed by atoms with E-state index in [-0.39, 0.29) is 42.1 Å². The molecule has 0 aliphatic carbocycles. The predicted molar refractivity (Wildman–Crippen MR) is 188 cm³/mol. The molecule has 1 N–H and O–H groups in total. The molecule has 0 saturated carbocycles. The highest BCUT2D eigenvalue weighted by Crippen LogP contribution is 2.43. The fourth-order valence-corrected chi connectivity index (χ4v) is 7.09. The molecule has 0 radical (unpaired) electrons. The fourth-order valence-electron chi connectivity index (χ4n) is 7.09. The molecule has 0 spiro atoms. The molecule has 7 nitrogen and oxygen atoms in total. The van der Waals surface area contributed by atoms with Crippen LogP contribution in [-0.4, -0.2) is 46.5 Å². The van der Waals surface area contributed by atoms with Crippen molar-refractivity contribution in [1.29, 1.82) is 0 Å². The Morgan fingerprint density at radius 2 is 1.60 bits per heavy atom. The summed E-state index contributed by atoms with van der Waals surface area (Å²) >= 11 is 0. The molecule has 3 aromatic carbocycles. The summed E-state index contributed by atoms with van der Waals surface area (Å²) in [5.41, 5.74) is 6.21. The van der Waals surface area contributed by atoms with E-state index in [1.807, 2.05) is 74.5 Å². The van der Waals surface area contributed by atoms with E-state index in [4.69, 9.17) is 9.47 Å². The molecule has 0 bridgehead atoms. The first-order valence-corrected chi connectivity index (χ1v) is 17.0. The van der Waals surface area contributed by atoms with Crippen LogP contribution in [0.3, 0.4) is 0 Å². The molecule has 1 aromatic heterocycles. The van der Waals surface area contributed by atoms with Gasteiger partial charge in [0.25, 0.3) is 5.91 Å². The summed E-state index contributed by atoms with van der Waals surface area (Å²) in [4.78, 5) is 31.8. The number of aliphatic imine (C=N–C) groups is 1. The van der Waals surface area contributed by atoms with Crippen molar-refractivity contribution in [2.24, 2.45) is 4.99 Å². The van der Waals surface area contributed by atoms with Gasteiger partial charge < -0.3 is 19.4 Å². The summed E-state index contributed by atoms with van der Waals surface area (Å²) in [5, 5.41) is 3.13. The van der Waals surface area contributed by atoms with Crippen molar-refractivity contribution in [3.63, 3.8) is 0 Å². The lowest BCUT2D eigenvalue weighted by atomic mass is 9.94. The summed E-state index contributed by atoms with van der Waals surface area (Å²) in [6.07, 6.45) is 2.65. The summed E-state index contributed by atoms with van der Waals surface area (Å²) < 4.78 is 29.2. The van der Waals surface area contributed by atoms with Crippen molar-refractivity contribution in [3.8, 4) is 22.4 Å². The van der Waals surface area contributed by atoms with E-state index < -0.39 is 5.79 Å². The molecule has 2 aliphatic heterocycles. The van der Waals surface area contributed by atoms with Gasteiger partial charge in [-0.25, -0.2) is 4.39 Å². The second-order valence-corrected chi connectivity index (χ2v) is 13.4. The minimum absolute atomic E-state index is 0.0252. The lowest BCUT2D eigenvalue weighted by molar-refractivity contribution is -0.299. The van der Waals surface area contributed by atoms with Gasteiger partial charge in [-0.1, -0.05) is 62.4 Å². The molecule has 4 aromatic rings. The number of benzene rings is 3. The predicted octanol–water partition coefficient (Wildman–Crippen LogP) is 8.83. The molecule has 3 heterocycles. The van der Waals surface area contributed by atoms with Crippen molar-refractivity contribution < 1.29 is 23.5 Å². The number of ketones is 1. The molecule has 2 aliphatic rings. The Labute approximate surface area is 282 Å². The Balaban J connectivity index is 1.42. The second kappa shape index (κ2) is 14.4. The maximum absolute atomic E-state index is 14.4. The third-order valence-electron chi connectivity index (χ3n) is 9.00. The van der Waals surface area contributed by atoms with E-state index >= 15 is 0 Å². The largest absolute Gasteiger partial charge is 0.347 e. The molecule has 1 amide bonds. The molecular weight excluding hydrogens is 605 g/mol. The van der Waals surface area contributed by atoms with E-state index in [0.717, 1.165) is 40.9 Å². The van der Waals surface area contributed by atoms with Gasteiger partial charge in [0.2, 0.25) is 0 Å². The van der Waals surface area contributed by atoms with E-state index in [0.29, 0.717) is 42.9 Å². The Kier molecular flexibility index (Phi) is 10.0. The van der Waals surface area contributed by atoms with Crippen LogP contribution in [0.25, 0.3) is 22.4 Å². The van der Waals surface area contributed by atoms with Crippen LogP contribution < -0.4 is 5.32 Å². The zero-order valence-corrected chi connectivity index (χ0v) is 28.2. The molecule has 250 valence electrons. The molecular formula is C40H44FN3O4. The van der Waals surface area contributed by atoms with Gasteiger partial charge in [0.1, 0.15) is 5.82 Å². The van der Waals surface area contributed by atoms with Crippen molar-refractivity contribution in [2.75, 3.05) is 11.9 Å². The number of aromatic nitrogens is 1. The first kappa shape index (κ1) is 33.5. The average Bonchev–Trinajstić information content (AvgIpc) is 3.72. The highest BCUT2D eigenvalue weighted by atomic mass is 19.1. The fraction of sp³-hybridized carbons (Fsp3) is 0.375. The van der Waals surface area contributed by atoms with Gasteiger partial charge in [-0.05, 0) is 86.6 Å². The van der Waals surface area contributed by atoms with Crippen molar-refractivity contribution >= 4 is 23.1 Å². The smallest absolute Gasteiger partial charge is 0.258 e. The lowest BCUT2D eigenvalue weighted by Gasteiger charge is -2.41. The van der Waals surface area contributed by atoms with Crippen LogP contribution in [-0.2, 0) is 20.8 Å². The number of anilines is 1. The van der Waals surface area contributed by atoms with Gasteiger partial charge in [0.05, 0.1) is 29.2 Å². The van der Waals surface area contributed by atoms with Gasteiger partial charge in [0.15, 0.2) is 11.6 Å². The molecule has 6 rings (SSSR count). The Bertz CT molecular complexity index is 1780. The maximum atomic E-state index is 14.4. The second-order valence-electron chi connectivity index (χ2n) is 13.4. The van der Waals surface area contributed by atoms with E-state index in [1.165, 1.54) is 12.1 Å². The van der Waals surface area contributed by atoms with Gasteiger partial charge in [-0.3, -0.25) is 14.6 Å². The number of ether oxygens (including phenoxy) is 2. The van der Waals surface area contributed by atoms with Crippen molar-refractivity contribution in [3.05, 3.63) is 102 Å². The zero-order chi connectivity index (χ0) is 33.8. The van der Waals surface area contributed by atoms with E-state index in [1.54, 1.807) is 12.1 Å². The molecule has 48 heavy (non-hydrogen) atoms. The number of nitrogens with one attached hydrogen (secondary N) is 1. The van der Waals surface area contributed by atoms with Crippen LogP contribution in [0.15, 0.2) is 89.9 Å². The van der Waals surface area contributed by atoms with Gasteiger partial charge in [0, 0.05) is 42.9 Å². The summed E-state index contributed by atoms with van der Waals surface area (Å²) in [5.74, 6) is -1.36. The third-order valence-corrected chi connectivity index (χ3v) is 9.00. The average molecular weight is 650 g/mol. The van der Waals surface area contributed by atoms with Crippen LogP contribution in [0.2, 0.25) is 0 Å². The van der Waals surface area contributed by atoms with Gasteiger partial charge in [-0.2, -0.15) is 0 Å². The number of hydrogen-bond acceptors (Lipinski definition) is 5. The number of carbonyl (C=O) groups excluding carboxylic acids is 2. The lowest BCUT2D eigenvalue weighted by Crippen LogP contribution is -2.46. The van der Waals surface area contributed by atoms with Crippen LogP contribution in [0.5, 0.6) is 0 Å². The van der Waals surface area contributed by atoms with Crippen LogP contribution in [0.4, 0.5) is 10.1 Å². The van der Waals surface area contributed by atoms with Crippen LogP contribution >= 0.6 is 0 Å². The van der Waals surface area contributed by atoms with Gasteiger partial charge in [-0.15, -0.1) is 0 Å². The molecule has 1 saturated heterocycles. The number of amides is 1. The highest BCUT2D eigenvalue weighted by molar-refractivity contribution is 6.40.